The minimum absolute atomic E-state index is 0.546. The zero-order chi connectivity index (χ0) is 13.5. The Hall–Kier alpha value is -0.900. The van der Waals surface area contributed by atoms with Gasteiger partial charge in [0.25, 0.3) is 0 Å². The van der Waals surface area contributed by atoms with Crippen molar-refractivity contribution in [3.05, 3.63) is 35.4 Å². The lowest BCUT2D eigenvalue weighted by atomic mass is 10.1. The Bertz CT molecular complexity index is 375. The van der Waals surface area contributed by atoms with Crippen molar-refractivity contribution >= 4 is 0 Å². The predicted octanol–water partition coefficient (Wildman–Crippen LogP) is 2.41. The maximum atomic E-state index is 5.17. The first-order valence-electron chi connectivity index (χ1n) is 7.30. The second kappa shape index (κ2) is 7.63. The third-order valence-corrected chi connectivity index (χ3v) is 3.69. The molecule has 0 radical (unpaired) electrons. The molecule has 1 heterocycles. The van der Waals surface area contributed by atoms with Gasteiger partial charge >= 0.3 is 0 Å². The molecule has 1 unspecified atom stereocenters. The number of methoxy groups -OCH3 is 1. The summed E-state index contributed by atoms with van der Waals surface area (Å²) < 4.78 is 5.17. The molecule has 106 valence electrons. The third kappa shape index (κ3) is 4.94. The van der Waals surface area contributed by atoms with Gasteiger partial charge in [0.2, 0.25) is 0 Å². The first-order chi connectivity index (χ1) is 9.28. The molecule has 0 saturated carbocycles. The fourth-order valence-corrected chi connectivity index (χ4v) is 2.71. The Kier molecular flexibility index (Phi) is 5.83. The number of nitrogens with one attached hydrogen (secondary N) is 1. The molecule has 1 aliphatic heterocycles. The summed E-state index contributed by atoms with van der Waals surface area (Å²) in [4.78, 5) is 2.55. The molecule has 0 bridgehead atoms. The van der Waals surface area contributed by atoms with Crippen LogP contribution in [0.1, 0.15) is 30.9 Å². The van der Waals surface area contributed by atoms with Crippen LogP contribution in [0.15, 0.2) is 24.3 Å². The van der Waals surface area contributed by atoms with E-state index in [1.165, 1.54) is 37.1 Å². The summed E-state index contributed by atoms with van der Waals surface area (Å²) in [6.45, 7) is 7.61. The van der Waals surface area contributed by atoms with Crippen molar-refractivity contribution < 1.29 is 4.74 Å². The highest BCUT2D eigenvalue weighted by Crippen LogP contribution is 2.09. The quantitative estimate of drug-likeness (QED) is 0.816. The third-order valence-electron chi connectivity index (χ3n) is 3.69. The van der Waals surface area contributed by atoms with Gasteiger partial charge in [-0.25, -0.2) is 0 Å². The fraction of sp³-hybridized carbons (Fsp3) is 0.625. The normalized spacial score (nSPS) is 17.8. The molecule has 3 heteroatoms. The average molecular weight is 262 g/mol. The molecule has 3 nitrogen and oxygen atoms in total. The summed E-state index contributed by atoms with van der Waals surface area (Å²) in [5.41, 5.74) is 2.58. The van der Waals surface area contributed by atoms with Gasteiger partial charge in [-0.3, -0.25) is 0 Å². The van der Waals surface area contributed by atoms with E-state index in [4.69, 9.17) is 4.74 Å². The summed E-state index contributed by atoms with van der Waals surface area (Å²) in [5, 5.41) is 3.61. The number of ether oxygens (including phenoxy) is 1. The van der Waals surface area contributed by atoms with E-state index in [1.807, 2.05) is 0 Å². The van der Waals surface area contributed by atoms with Gasteiger partial charge in [-0.15, -0.1) is 0 Å². The monoisotopic (exact) mass is 262 g/mol. The lowest BCUT2D eigenvalue weighted by molar-refractivity contribution is 0.185. The zero-order valence-corrected chi connectivity index (χ0v) is 12.2. The first-order valence-corrected chi connectivity index (χ1v) is 7.30. The Balaban J connectivity index is 1.75. The average Bonchev–Trinajstić information content (AvgIpc) is 2.90. The van der Waals surface area contributed by atoms with Crippen LogP contribution < -0.4 is 5.32 Å². The van der Waals surface area contributed by atoms with Crippen LogP contribution in [-0.4, -0.2) is 37.7 Å². The van der Waals surface area contributed by atoms with Gasteiger partial charge < -0.3 is 15.0 Å². The molecule has 19 heavy (non-hydrogen) atoms. The van der Waals surface area contributed by atoms with E-state index in [-0.39, 0.29) is 0 Å². The Labute approximate surface area is 116 Å². The highest BCUT2D eigenvalue weighted by Gasteiger charge is 2.14. The van der Waals surface area contributed by atoms with Crippen molar-refractivity contribution in [3.63, 3.8) is 0 Å². The second-order valence-corrected chi connectivity index (χ2v) is 5.54. The highest BCUT2D eigenvalue weighted by atomic mass is 16.5. The van der Waals surface area contributed by atoms with Crippen LogP contribution in [0.25, 0.3) is 0 Å². The van der Waals surface area contributed by atoms with E-state index >= 15 is 0 Å². The lowest BCUT2D eigenvalue weighted by Gasteiger charge is -2.21. The molecule has 1 saturated heterocycles. The van der Waals surface area contributed by atoms with Crippen LogP contribution in [0.3, 0.4) is 0 Å². The van der Waals surface area contributed by atoms with Crippen molar-refractivity contribution in [2.45, 2.75) is 39.0 Å². The molecule has 1 aromatic rings. The SMILES string of the molecule is COCc1cccc(CNC(C)CN2CCCC2)c1. The molecule has 1 N–H and O–H groups in total. The van der Waals surface area contributed by atoms with Crippen molar-refractivity contribution in [1.82, 2.24) is 10.2 Å². The van der Waals surface area contributed by atoms with Crippen LogP contribution in [0.4, 0.5) is 0 Å². The van der Waals surface area contributed by atoms with Crippen LogP contribution >= 0.6 is 0 Å². The van der Waals surface area contributed by atoms with Gasteiger partial charge in [0.05, 0.1) is 6.61 Å². The van der Waals surface area contributed by atoms with Crippen LogP contribution in [0, 0.1) is 0 Å². The molecule has 1 atom stereocenters. The van der Waals surface area contributed by atoms with E-state index in [0.29, 0.717) is 12.6 Å². The minimum Gasteiger partial charge on any atom is -0.380 e. The van der Waals surface area contributed by atoms with Gasteiger partial charge in [-0.05, 0) is 44.0 Å². The number of nitrogens with zero attached hydrogens (tertiary/aromatic N) is 1. The minimum atomic E-state index is 0.546. The highest BCUT2D eigenvalue weighted by molar-refractivity contribution is 5.22. The summed E-state index contributed by atoms with van der Waals surface area (Å²) in [5.74, 6) is 0. The van der Waals surface area contributed by atoms with Crippen LogP contribution in [-0.2, 0) is 17.9 Å². The van der Waals surface area contributed by atoms with E-state index in [2.05, 4.69) is 41.4 Å². The van der Waals surface area contributed by atoms with Crippen molar-refractivity contribution in [2.24, 2.45) is 0 Å². The van der Waals surface area contributed by atoms with Crippen LogP contribution in [0.2, 0.25) is 0 Å². The smallest absolute Gasteiger partial charge is 0.0713 e. The van der Waals surface area contributed by atoms with Crippen LogP contribution in [0.5, 0.6) is 0 Å². The molecule has 1 fully saturated rings. The molecule has 1 aromatic carbocycles. The van der Waals surface area contributed by atoms with Crippen molar-refractivity contribution in [1.29, 1.82) is 0 Å². The molecule has 2 rings (SSSR count). The lowest BCUT2D eigenvalue weighted by Crippen LogP contribution is -2.37. The van der Waals surface area contributed by atoms with Crippen molar-refractivity contribution in [2.75, 3.05) is 26.7 Å². The molecule has 1 aliphatic rings. The summed E-state index contributed by atoms with van der Waals surface area (Å²) in [6.07, 6.45) is 2.73. The molecular formula is C16H26N2O. The molecule has 0 spiro atoms. The zero-order valence-electron chi connectivity index (χ0n) is 12.2. The first kappa shape index (κ1) is 14.5. The summed E-state index contributed by atoms with van der Waals surface area (Å²) in [6, 6.07) is 9.16. The topological polar surface area (TPSA) is 24.5 Å². The van der Waals surface area contributed by atoms with Gasteiger partial charge in [0, 0.05) is 26.2 Å². The van der Waals surface area contributed by atoms with Gasteiger partial charge in [0.1, 0.15) is 0 Å². The van der Waals surface area contributed by atoms with E-state index in [9.17, 15) is 0 Å². The number of hydrogen-bond acceptors (Lipinski definition) is 3. The van der Waals surface area contributed by atoms with Gasteiger partial charge in [0.15, 0.2) is 0 Å². The molecule has 0 aliphatic carbocycles. The number of rotatable bonds is 7. The maximum Gasteiger partial charge on any atom is 0.0713 e. The molecule has 0 amide bonds. The summed E-state index contributed by atoms with van der Waals surface area (Å²) >= 11 is 0. The predicted molar refractivity (Wildman–Crippen MR) is 79.1 cm³/mol. The standard InChI is InChI=1S/C16H26N2O/c1-14(12-18-8-3-4-9-18)17-11-15-6-5-7-16(10-15)13-19-2/h5-7,10,14,17H,3-4,8-9,11-13H2,1-2H3. The fourth-order valence-electron chi connectivity index (χ4n) is 2.71. The number of likely N-dealkylation sites (tertiary alicyclic amines) is 1. The van der Waals surface area contributed by atoms with Crippen molar-refractivity contribution in [3.8, 4) is 0 Å². The Morgan fingerprint density at radius 3 is 2.74 bits per heavy atom. The largest absolute Gasteiger partial charge is 0.380 e. The van der Waals surface area contributed by atoms with E-state index < -0.39 is 0 Å². The second-order valence-electron chi connectivity index (χ2n) is 5.54. The van der Waals surface area contributed by atoms with Gasteiger partial charge in [-0.2, -0.15) is 0 Å². The Morgan fingerprint density at radius 2 is 2.00 bits per heavy atom. The van der Waals surface area contributed by atoms with E-state index in [0.717, 1.165) is 13.1 Å². The Morgan fingerprint density at radius 1 is 1.26 bits per heavy atom. The van der Waals surface area contributed by atoms with E-state index in [1.54, 1.807) is 7.11 Å². The molecule has 0 aromatic heterocycles. The number of benzene rings is 1. The molecular weight excluding hydrogens is 236 g/mol. The van der Waals surface area contributed by atoms with Gasteiger partial charge in [-0.1, -0.05) is 24.3 Å². The number of hydrogen-bond donors (Lipinski definition) is 1. The maximum absolute atomic E-state index is 5.17. The summed E-state index contributed by atoms with van der Waals surface area (Å²) in [7, 11) is 1.74.